The molecule has 3 rings (SSSR count). The molecule has 1 fully saturated rings. The fourth-order valence-electron chi connectivity index (χ4n) is 2.91. The fraction of sp³-hybridized carbons (Fsp3) is 0.217. The number of hydrogen-bond acceptors (Lipinski definition) is 2. The van der Waals surface area contributed by atoms with Crippen molar-refractivity contribution < 1.29 is 4.74 Å². The Hall–Kier alpha value is -2.58. The zero-order chi connectivity index (χ0) is 17.5. The molecule has 0 radical (unpaired) electrons. The largest absolute Gasteiger partial charge is 0.378 e. The number of morpholine rings is 1. The second-order valence-corrected chi connectivity index (χ2v) is 6.17. The van der Waals surface area contributed by atoms with E-state index >= 15 is 0 Å². The monoisotopic (exact) mass is 331 g/mol. The van der Waals surface area contributed by atoms with E-state index < -0.39 is 0 Å². The molecule has 0 N–H and O–H groups in total. The van der Waals surface area contributed by atoms with Gasteiger partial charge in [0.05, 0.1) is 13.2 Å². The van der Waals surface area contributed by atoms with Crippen molar-refractivity contribution in [2.75, 3.05) is 31.2 Å². The minimum Gasteiger partial charge on any atom is -0.378 e. The van der Waals surface area contributed by atoms with E-state index in [1.165, 1.54) is 16.8 Å². The van der Waals surface area contributed by atoms with Crippen molar-refractivity contribution in [1.29, 1.82) is 0 Å². The highest BCUT2D eigenvalue weighted by Crippen LogP contribution is 2.21. The molecule has 2 aromatic rings. The Bertz CT molecular complexity index is 748. The van der Waals surface area contributed by atoms with Crippen molar-refractivity contribution in [2.45, 2.75) is 6.92 Å². The zero-order valence-corrected chi connectivity index (χ0v) is 14.8. The number of allylic oxidation sites excluding steroid dienone is 3. The lowest BCUT2D eigenvalue weighted by molar-refractivity contribution is 0.122. The predicted octanol–water partition coefficient (Wildman–Crippen LogP) is 5.28. The van der Waals surface area contributed by atoms with Crippen LogP contribution in [0.15, 0.2) is 67.3 Å². The summed E-state index contributed by atoms with van der Waals surface area (Å²) in [4.78, 5) is 2.36. The molecule has 0 unspecified atom stereocenters. The van der Waals surface area contributed by atoms with Gasteiger partial charge < -0.3 is 9.64 Å². The third kappa shape index (κ3) is 4.71. The molecule has 0 atom stereocenters. The molecule has 0 aliphatic carbocycles. The zero-order valence-electron chi connectivity index (χ0n) is 14.8. The van der Waals surface area contributed by atoms with Crippen LogP contribution in [0.25, 0.3) is 17.7 Å². The predicted molar refractivity (Wildman–Crippen MR) is 109 cm³/mol. The number of nitrogens with zero attached hydrogens (tertiary/aromatic N) is 1. The molecule has 0 saturated carbocycles. The second kappa shape index (κ2) is 8.50. The van der Waals surface area contributed by atoms with Gasteiger partial charge in [-0.25, -0.2) is 0 Å². The normalized spacial score (nSPS) is 15.2. The summed E-state index contributed by atoms with van der Waals surface area (Å²) in [5.74, 6) is 0. The van der Waals surface area contributed by atoms with Crippen LogP contribution in [0.5, 0.6) is 0 Å². The Morgan fingerprint density at radius 1 is 0.920 bits per heavy atom. The van der Waals surface area contributed by atoms with E-state index in [9.17, 15) is 0 Å². The van der Waals surface area contributed by atoms with Crippen LogP contribution >= 0.6 is 0 Å². The first kappa shape index (κ1) is 17.2. The van der Waals surface area contributed by atoms with Gasteiger partial charge >= 0.3 is 0 Å². The smallest absolute Gasteiger partial charge is 0.0642 e. The molecule has 2 nitrogen and oxygen atoms in total. The summed E-state index contributed by atoms with van der Waals surface area (Å²) in [6.45, 7) is 9.77. The molecule has 2 heteroatoms. The van der Waals surface area contributed by atoms with Crippen LogP contribution in [-0.4, -0.2) is 26.3 Å². The van der Waals surface area contributed by atoms with Gasteiger partial charge in [-0.3, -0.25) is 0 Å². The van der Waals surface area contributed by atoms with Crippen LogP contribution in [0.1, 0.15) is 23.6 Å². The second-order valence-electron chi connectivity index (χ2n) is 6.17. The Morgan fingerprint density at radius 2 is 1.52 bits per heavy atom. The lowest BCUT2D eigenvalue weighted by Crippen LogP contribution is -2.36. The lowest BCUT2D eigenvalue weighted by atomic mass is 10.0. The number of ether oxygens (including phenoxy) is 1. The van der Waals surface area contributed by atoms with Crippen LogP contribution in [-0.2, 0) is 4.74 Å². The summed E-state index contributed by atoms with van der Waals surface area (Å²) in [7, 11) is 0. The molecular formula is C23H25NO. The van der Waals surface area contributed by atoms with Crippen LogP contribution < -0.4 is 4.90 Å². The van der Waals surface area contributed by atoms with Crippen LogP contribution in [0.3, 0.4) is 0 Å². The van der Waals surface area contributed by atoms with E-state index in [1.807, 2.05) is 13.0 Å². The fourth-order valence-corrected chi connectivity index (χ4v) is 2.91. The van der Waals surface area contributed by atoms with Crippen molar-refractivity contribution in [2.24, 2.45) is 0 Å². The number of rotatable bonds is 5. The lowest BCUT2D eigenvalue weighted by Gasteiger charge is -2.28. The van der Waals surface area contributed by atoms with Crippen LogP contribution in [0, 0.1) is 0 Å². The minimum absolute atomic E-state index is 0.810. The summed E-state index contributed by atoms with van der Waals surface area (Å²) >= 11 is 0. The maximum Gasteiger partial charge on any atom is 0.0642 e. The number of benzene rings is 2. The highest BCUT2D eigenvalue weighted by Gasteiger charge is 2.10. The van der Waals surface area contributed by atoms with E-state index in [0.29, 0.717) is 0 Å². The first-order valence-corrected chi connectivity index (χ1v) is 8.79. The van der Waals surface area contributed by atoms with Gasteiger partial charge in [0, 0.05) is 18.8 Å². The maximum atomic E-state index is 5.41. The van der Waals surface area contributed by atoms with Gasteiger partial charge in [0.1, 0.15) is 0 Å². The molecule has 0 amide bonds. The van der Waals surface area contributed by atoms with Crippen molar-refractivity contribution >= 4 is 23.4 Å². The molecule has 25 heavy (non-hydrogen) atoms. The topological polar surface area (TPSA) is 12.5 Å². The Labute approximate surface area is 150 Å². The van der Waals surface area contributed by atoms with Gasteiger partial charge in [-0.2, -0.15) is 0 Å². The molecule has 1 saturated heterocycles. The SMILES string of the molecule is C=C(/C=C/c1ccc(/C=C/C)cc1)c1ccc(N2CCOCC2)cc1. The average molecular weight is 331 g/mol. The summed E-state index contributed by atoms with van der Waals surface area (Å²) in [5, 5.41) is 0. The maximum absolute atomic E-state index is 5.41. The highest BCUT2D eigenvalue weighted by atomic mass is 16.5. The van der Waals surface area contributed by atoms with Gasteiger partial charge in [-0.05, 0) is 41.3 Å². The quantitative estimate of drug-likeness (QED) is 0.691. The molecule has 128 valence electrons. The van der Waals surface area contributed by atoms with Crippen LogP contribution in [0.2, 0.25) is 0 Å². The Kier molecular flexibility index (Phi) is 5.86. The summed E-state index contributed by atoms with van der Waals surface area (Å²) in [6.07, 6.45) is 8.34. The molecule has 0 aromatic heterocycles. The number of hydrogen-bond donors (Lipinski definition) is 0. The third-order valence-corrected chi connectivity index (χ3v) is 4.39. The van der Waals surface area contributed by atoms with Gasteiger partial charge in [0.25, 0.3) is 0 Å². The van der Waals surface area contributed by atoms with Crippen molar-refractivity contribution in [3.63, 3.8) is 0 Å². The summed E-state index contributed by atoms with van der Waals surface area (Å²) in [5.41, 5.74) is 5.82. The van der Waals surface area contributed by atoms with E-state index in [-0.39, 0.29) is 0 Å². The molecular weight excluding hydrogens is 306 g/mol. The third-order valence-electron chi connectivity index (χ3n) is 4.39. The van der Waals surface area contributed by atoms with E-state index in [0.717, 1.165) is 37.4 Å². The van der Waals surface area contributed by atoms with Crippen molar-refractivity contribution in [1.82, 2.24) is 0 Å². The van der Waals surface area contributed by atoms with Gasteiger partial charge in [-0.1, -0.05) is 67.3 Å². The molecule has 2 aromatic carbocycles. The first-order chi connectivity index (χ1) is 12.3. The van der Waals surface area contributed by atoms with E-state index in [4.69, 9.17) is 4.74 Å². The minimum atomic E-state index is 0.810. The molecule has 1 aliphatic heterocycles. The van der Waals surface area contributed by atoms with E-state index in [2.05, 4.69) is 78.2 Å². The number of anilines is 1. The van der Waals surface area contributed by atoms with Gasteiger partial charge in [-0.15, -0.1) is 0 Å². The van der Waals surface area contributed by atoms with Gasteiger partial charge in [0.15, 0.2) is 0 Å². The average Bonchev–Trinajstić information content (AvgIpc) is 2.68. The highest BCUT2D eigenvalue weighted by molar-refractivity contribution is 5.78. The Balaban J connectivity index is 1.64. The van der Waals surface area contributed by atoms with Crippen LogP contribution in [0.4, 0.5) is 5.69 Å². The molecule has 0 bridgehead atoms. The van der Waals surface area contributed by atoms with Gasteiger partial charge in [0.2, 0.25) is 0 Å². The first-order valence-electron chi connectivity index (χ1n) is 8.79. The molecule has 1 heterocycles. The molecule has 0 spiro atoms. The summed E-state index contributed by atoms with van der Waals surface area (Å²) < 4.78 is 5.41. The molecule has 1 aliphatic rings. The standard InChI is InChI=1S/C23H25NO/c1-3-4-20-7-9-21(10-8-20)6-5-19(2)22-11-13-23(14-12-22)24-15-17-25-18-16-24/h3-14H,2,15-18H2,1H3/b4-3+,6-5+. The van der Waals surface area contributed by atoms with Crippen molar-refractivity contribution in [3.05, 3.63) is 84.0 Å². The summed E-state index contributed by atoms with van der Waals surface area (Å²) in [6, 6.07) is 17.1. The Morgan fingerprint density at radius 3 is 2.12 bits per heavy atom. The van der Waals surface area contributed by atoms with Crippen molar-refractivity contribution in [3.8, 4) is 0 Å². The van der Waals surface area contributed by atoms with E-state index in [1.54, 1.807) is 0 Å².